The number of para-hydroxylation sites is 1. The zero-order chi connectivity index (χ0) is 11.3. The molecule has 1 aromatic carbocycles. The molecule has 0 radical (unpaired) electrons. The second kappa shape index (κ2) is 6.03. The van der Waals surface area contributed by atoms with Crippen molar-refractivity contribution in [3.8, 4) is 0 Å². The van der Waals surface area contributed by atoms with Gasteiger partial charge in [0.05, 0.1) is 0 Å². The first-order chi connectivity index (χ1) is 7.20. The minimum Gasteiger partial charge on any atom is -0.396 e. The lowest BCUT2D eigenvalue weighted by molar-refractivity contribution is 0.287. The van der Waals surface area contributed by atoms with Crippen LogP contribution < -0.4 is 4.90 Å². The third kappa shape index (κ3) is 3.14. The Hall–Kier alpha value is -0.670. The Morgan fingerprint density at radius 3 is 2.53 bits per heavy atom. The molecule has 1 N–H and O–H groups in total. The van der Waals surface area contributed by atoms with Gasteiger partial charge >= 0.3 is 0 Å². The van der Waals surface area contributed by atoms with E-state index < -0.39 is 0 Å². The van der Waals surface area contributed by atoms with Crippen LogP contribution in [0, 0.1) is 0 Å². The molecule has 0 bridgehead atoms. The Balaban J connectivity index is 2.99. The van der Waals surface area contributed by atoms with Crippen LogP contribution in [0.2, 0.25) is 0 Å². The van der Waals surface area contributed by atoms with E-state index in [2.05, 4.69) is 49.5 Å². The fraction of sp³-hybridized carbons (Fsp3) is 0.500. The topological polar surface area (TPSA) is 23.5 Å². The van der Waals surface area contributed by atoms with Crippen LogP contribution in [0.4, 0.5) is 5.69 Å². The first-order valence-corrected chi connectivity index (χ1v) is 6.39. The minimum absolute atomic E-state index is 0.243. The van der Waals surface area contributed by atoms with E-state index in [0.717, 1.165) is 6.42 Å². The summed E-state index contributed by atoms with van der Waals surface area (Å²) in [6, 6.07) is 8.38. The van der Waals surface area contributed by atoms with E-state index >= 15 is 0 Å². The van der Waals surface area contributed by atoms with Gasteiger partial charge in [0.2, 0.25) is 0 Å². The van der Waals surface area contributed by atoms with Gasteiger partial charge in [-0.3, -0.25) is 0 Å². The van der Waals surface area contributed by atoms with Crippen LogP contribution in [-0.2, 0) is 0 Å². The molecular weight excluding hydrogens is 206 g/mol. The summed E-state index contributed by atoms with van der Waals surface area (Å²) in [6.45, 7) is 0.243. The zero-order valence-electron chi connectivity index (χ0n) is 9.60. The molecule has 0 aromatic heterocycles. The molecule has 1 unspecified atom stereocenters. The maximum atomic E-state index is 9.03. The third-order valence-corrected chi connectivity index (χ3v) is 3.50. The highest BCUT2D eigenvalue weighted by Crippen LogP contribution is 2.35. The van der Waals surface area contributed by atoms with Gasteiger partial charge in [-0.25, -0.2) is 0 Å². The Bertz CT molecular complexity index is 301. The Labute approximate surface area is 96.3 Å². The van der Waals surface area contributed by atoms with Gasteiger partial charge < -0.3 is 10.0 Å². The van der Waals surface area contributed by atoms with Gasteiger partial charge in [-0.2, -0.15) is 11.8 Å². The molecule has 15 heavy (non-hydrogen) atoms. The number of anilines is 1. The van der Waals surface area contributed by atoms with Crippen LogP contribution in [0.25, 0.3) is 0 Å². The normalized spacial score (nSPS) is 12.5. The summed E-state index contributed by atoms with van der Waals surface area (Å²) < 4.78 is 0. The Morgan fingerprint density at radius 2 is 2.00 bits per heavy atom. The summed E-state index contributed by atoms with van der Waals surface area (Å²) >= 11 is 1.79. The number of aliphatic hydroxyl groups is 1. The molecule has 0 aliphatic carbocycles. The molecule has 0 spiro atoms. The summed E-state index contributed by atoms with van der Waals surface area (Å²) in [5, 5.41) is 9.41. The van der Waals surface area contributed by atoms with Crippen molar-refractivity contribution in [3.05, 3.63) is 29.8 Å². The van der Waals surface area contributed by atoms with Gasteiger partial charge in [0.25, 0.3) is 0 Å². The second-order valence-electron chi connectivity index (χ2n) is 3.69. The lowest BCUT2D eigenvalue weighted by Gasteiger charge is -2.22. The first kappa shape index (κ1) is 12.4. The van der Waals surface area contributed by atoms with Crippen molar-refractivity contribution in [2.45, 2.75) is 11.7 Å². The summed E-state index contributed by atoms with van der Waals surface area (Å²) in [7, 11) is 4.10. The third-order valence-electron chi connectivity index (χ3n) is 2.44. The fourth-order valence-electron chi connectivity index (χ4n) is 1.68. The van der Waals surface area contributed by atoms with Crippen molar-refractivity contribution in [2.24, 2.45) is 0 Å². The first-order valence-electron chi connectivity index (χ1n) is 5.10. The standard InChI is InChI=1S/C12H19NOS/c1-13(2)11-7-5-4-6-10(11)12(15-3)8-9-14/h4-7,12,14H,8-9H2,1-3H3. The molecule has 0 saturated heterocycles. The van der Waals surface area contributed by atoms with E-state index in [4.69, 9.17) is 5.11 Å². The average molecular weight is 225 g/mol. The SMILES string of the molecule is CSC(CCO)c1ccccc1N(C)C. The molecule has 0 aliphatic rings. The Kier molecular flexibility index (Phi) is 4.99. The van der Waals surface area contributed by atoms with Gasteiger partial charge in [-0.1, -0.05) is 18.2 Å². The number of nitrogens with zero attached hydrogens (tertiary/aromatic N) is 1. The molecule has 0 heterocycles. The van der Waals surface area contributed by atoms with E-state index in [-0.39, 0.29) is 6.61 Å². The molecule has 84 valence electrons. The van der Waals surface area contributed by atoms with Gasteiger partial charge in [0.1, 0.15) is 0 Å². The molecule has 0 aliphatic heterocycles. The second-order valence-corrected chi connectivity index (χ2v) is 4.73. The highest BCUT2D eigenvalue weighted by atomic mass is 32.2. The number of hydrogen-bond donors (Lipinski definition) is 1. The molecule has 0 amide bonds. The van der Waals surface area contributed by atoms with Crippen molar-refractivity contribution in [1.82, 2.24) is 0 Å². The largest absolute Gasteiger partial charge is 0.396 e. The zero-order valence-corrected chi connectivity index (χ0v) is 10.4. The van der Waals surface area contributed by atoms with Crippen molar-refractivity contribution in [3.63, 3.8) is 0 Å². The highest BCUT2D eigenvalue weighted by Gasteiger charge is 2.14. The van der Waals surface area contributed by atoms with Crippen LogP contribution in [-0.4, -0.2) is 32.1 Å². The number of benzene rings is 1. The fourth-order valence-corrected chi connectivity index (χ4v) is 2.48. The maximum absolute atomic E-state index is 9.03. The van der Waals surface area contributed by atoms with Crippen LogP contribution in [0.15, 0.2) is 24.3 Å². The van der Waals surface area contributed by atoms with Crippen molar-refractivity contribution in [1.29, 1.82) is 0 Å². The molecule has 1 atom stereocenters. The van der Waals surface area contributed by atoms with Gasteiger partial charge in [0.15, 0.2) is 0 Å². The van der Waals surface area contributed by atoms with Crippen LogP contribution in [0.5, 0.6) is 0 Å². The minimum atomic E-state index is 0.243. The quantitative estimate of drug-likeness (QED) is 0.833. The summed E-state index contributed by atoms with van der Waals surface area (Å²) in [4.78, 5) is 2.12. The van der Waals surface area contributed by atoms with Gasteiger partial charge in [0, 0.05) is 31.6 Å². The molecule has 1 aromatic rings. The molecule has 0 fully saturated rings. The van der Waals surface area contributed by atoms with E-state index in [1.807, 2.05) is 0 Å². The molecule has 3 heteroatoms. The van der Waals surface area contributed by atoms with Crippen LogP contribution >= 0.6 is 11.8 Å². The van der Waals surface area contributed by atoms with E-state index in [1.54, 1.807) is 11.8 Å². The predicted octanol–water partition coefficient (Wildman–Crippen LogP) is 2.54. The summed E-state index contributed by atoms with van der Waals surface area (Å²) in [5.41, 5.74) is 2.55. The van der Waals surface area contributed by atoms with Crippen molar-refractivity contribution in [2.75, 3.05) is 31.9 Å². The monoisotopic (exact) mass is 225 g/mol. The molecule has 2 nitrogen and oxygen atoms in total. The summed E-state index contributed by atoms with van der Waals surface area (Å²) in [6.07, 6.45) is 2.90. The van der Waals surface area contributed by atoms with Gasteiger partial charge in [-0.15, -0.1) is 0 Å². The lowest BCUT2D eigenvalue weighted by atomic mass is 10.1. The number of aliphatic hydroxyl groups excluding tert-OH is 1. The molecule has 1 rings (SSSR count). The van der Waals surface area contributed by atoms with Gasteiger partial charge in [-0.05, 0) is 24.3 Å². The number of hydrogen-bond acceptors (Lipinski definition) is 3. The number of rotatable bonds is 5. The average Bonchev–Trinajstić information content (AvgIpc) is 2.26. The Morgan fingerprint density at radius 1 is 1.33 bits per heavy atom. The lowest BCUT2D eigenvalue weighted by Crippen LogP contribution is -2.12. The van der Waals surface area contributed by atoms with E-state index in [0.29, 0.717) is 5.25 Å². The van der Waals surface area contributed by atoms with Crippen LogP contribution in [0.1, 0.15) is 17.2 Å². The predicted molar refractivity (Wildman–Crippen MR) is 68.7 cm³/mol. The van der Waals surface area contributed by atoms with Crippen molar-refractivity contribution < 1.29 is 5.11 Å². The van der Waals surface area contributed by atoms with E-state index in [1.165, 1.54) is 11.3 Å². The molecular formula is C12H19NOS. The number of thioether (sulfide) groups is 1. The smallest absolute Gasteiger partial charge is 0.0444 e. The maximum Gasteiger partial charge on any atom is 0.0444 e. The van der Waals surface area contributed by atoms with Crippen LogP contribution in [0.3, 0.4) is 0 Å². The highest BCUT2D eigenvalue weighted by molar-refractivity contribution is 7.98. The van der Waals surface area contributed by atoms with Crippen molar-refractivity contribution >= 4 is 17.4 Å². The van der Waals surface area contributed by atoms with E-state index in [9.17, 15) is 0 Å². The molecule has 0 saturated carbocycles. The summed E-state index contributed by atoms with van der Waals surface area (Å²) in [5.74, 6) is 0.